The number of hydrogen-bond donors (Lipinski definition) is 2. The Balaban J connectivity index is 2.78. The Morgan fingerprint density at radius 2 is 2.00 bits per heavy atom. The molecule has 1 atom stereocenters. The third-order valence-electron chi connectivity index (χ3n) is 1.53. The molecule has 2 heteroatoms. The quantitative estimate of drug-likeness (QED) is 0.630. The van der Waals surface area contributed by atoms with E-state index in [1.54, 1.807) is 0 Å². The first kappa shape index (κ1) is 8.08. The van der Waals surface area contributed by atoms with Gasteiger partial charge in [-0.25, -0.2) is 0 Å². The lowest BCUT2D eigenvalue weighted by Gasteiger charge is -2.11. The minimum atomic E-state index is 0.0103. The molecule has 60 valence electrons. The topological polar surface area (TPSA) is 38.0 Å². The summed E-state index contributed by atoms with van der Waals surface area (Å²) < 4.78 is 0. The Hall–Kier alpha value is -1.02. The van der Waals surface area contributed by atoms with Crippen LogP contribution in [0.2, 0.25) is 0 Å². The summed E-state index contributed by atoms with van der Waals surface area (Å²) in [6.45, 7) is 3.98. The second kappa shape index (κ2) is 3.39. The van der Waals surface area contributed by atoms with Crippen LogP contribution in [-0.2, 0) is 0 Å². The van der Waals surface area contributed by atoms with Gasteiger partial charge in [0.2, 0.25) is 0 Å². The summed E-state index contributed by atoms with van der Waals surface area (Å²) in [5.41, 5.74) is 7.92. The summed E-state index contributed by atoms with van der Waals surface area (Å²) in [5, 5.41) is 3.15. The van der Waals surface area contributed by atoms with E-state index in [1.165, 1.54) is 5.56 Å². The van der Waals surface area contributed by atoms with E-state index in [4.69, 9.17) is 5.73 Å². The van der Waals surface area contributed by atoms with Gasteiger partial charge in [-0.05, 0) is 25.5 Å². The van der Waals surface area contributed by atoms with Crippen LogP contribution in [0.4, 0.5) is 5.69 Å². The van der Waals surface area contributed by atoms with E-state index in [0.29, 0.717) is 0 Å². The van der Waals surface area contributed by atoms with Crippen molar-refractivity contribution in [1.82, 2.24) is 0 Å². The zero-order valence-electron chi connectivity index (χ0n) is 6.96. The van der Waals surface area contributed by atoms with E-state index in [0.717, 1.165) is 5.69 Å². The number of nitrogens with one attached hydrogen (secondary N) is 1. The summed E-state index contributed by atoms with van der Waals surface area (Å²) in [6.07, 6.45) is 0.0103. The Morgan fingerprint density at radius 3 is 2.55 bits per heavy atom. The SMILES string of the molecule is Cc1ccccc1NC(C)N. The summed E-state index contributed by atoms with van der Waals surface area (Å²) in [5.74, 6) is 0. The first-order valence-electron chi connectivity index (χ1n) is 3.78. The molecule has 1 aromatic rings. The first-order chi connectivity index (χ1) is 5.20. The molecular formula is C9H14N2. The molecule has 0 aromatic heterocycles. The van der Waals surface area contributed by atoms with Gasteiger partial charge in [-0.2, -0.15) is 0 Å². The van der Waals surface area contributed by atoms with Gasteiger partial charge in [0, 0.05) is 5.69 Å². The molecule has 0 spiro atoms. The maximum absolute atomic E-state index is 5.58. The van der Waals surface area contributed by atoms with Gasteiger partial charge in [-0.15, -0.1) is 0 Å². The number of para-hydroxylation sites is 1. The molecule has 0 saturated heterocycles. The zero-order chi connectivity index (χ0) is 8.27. The van der Waals surface area contributed by atoms with Crippen LogP contribution in [-0.4, -0.2) is 6.17 Å². The van der Waals surface area contributed by atoms with Gasteiger partial charge in [-0.3, -0.25) is 0 Å². The van der Waals surface area contributed by atoms with Crippen molar-refractivity contribution in [3.63, 3.8) is 0 Å². The molecule has 0 aliphatic carbocycles. The highest BCUT2D eigenvalue weighted by atomic mass is 15.0. The van der Waals surface area contributed by atoms with Gasteiger partial charge < -0.3 is 11.1 Å². The molecule has 1 unspecified atom stereocenters. The lowest BCUT2D eigenvalue weighted by Crippen LogP contribution is -2.25. The van der Waals surface area contributed by atoms with Crippen LogP contribution >= 0.6 is 0 Å². The molecule has 0 aliphatic heterocycles. The molecule has 0 radical (unpaired) electrons. The van der Waals surface area contributed by atoms with Gasteiger partial charge >= 0.3 is 0 Å². The average molecular weight is 150 g/mol. The number of aryl methyl sites for hydroxylation is 1. The standard InChI is InChI=1S/C9H14N2/c1-7-5-3-4-6-9(7)11-8(2)10/h3-6,8,11H,10H2,1-2H3. The van der Waals surface area contributed by atoms with Gasteiger partial charge in [0.15, 0.2) is 0 Å². The Morgan fingerprint density at radius 1 is 1.36 bits per heavy atom. The van der Waals surface area contributed by atoms with Gasteiger partial charge in [0.1, 0.15) is 0 Å². The first-order valence-corrected chi connectivity index (χ1v) is 3.78. The number of nitrogens with two attached hydrogens (primary N) is 1. The van der Waals surface area contributed by atoms with Crippen LogP contribution < -0.4 is 11.1 Å². The molecule has 0 bridgehead atoms. The number of benzene rings is 1. The second-order valence-corrected chi connectivity index (χ2v) is 2.75. The van der Waals surface area contributed by atoms with Crippen molar-refractivity contribution < 1.29 is 0 Å². The molecule has 0 aliphatic rings. The van der Waals surface area contributed by atoms with Crippen molar-refractivity contribution in [2.75, 3.05) is 5.32 Å². The van der Waals surface area contributed by atoms with Gasteiger partial charge in [0.25, 0.3) is 0 Å². The van der Waals surface area contributed by atoms with Crippen LogP contribution in [0.3, 0.4) is 0 Å². The molecule has 0 amide bonds. The molecule has 1 aromatic carbocycles. The molecule has 3 N–H and O–H groups in total. The summed E-state index contributed by atoms with van der Waals surface area (Å²) in [4.78, 5) is 0. The van der Waals surface area contributed by atoms with E-state index in [1.807, 2.05) is 25.1 Å². The van der Waals surface area contributed by atoms with Crippen LogP contribution in [0.5, 0.6) is 0 Å². The Labute approximate surface area is 67.4 Å². The fourth-order valence-corrected chi connectivity index (χ4v) is 0.980. The number of rotatable bonds is 2. The summed E-state index contributed by atoms with van der Waals surface area (Å²) in [7, 11) is 0. The van der Waals surface area contributed by atoms with Crippen molar-refractivity contribution in [1.29, 1.82) is 0 Å². The lowest BCUT2D eigenvalue weighted by molar-refractivity contribution is 0.850. The van der Waals surface area contributed by atoms with Crippen molar-refractivity contribution in [3.8, 4) is 0 Å². The van der Waals surface area contributed by atoms with Crippen molar-refractivity contribution >= 4 is 5.69 Å². The monoisotopic (exact) mass is 150 g/mol. The second-order valence-electron chi connectivity index (χ2n) is 2.75. The Bertz CT molecular complexity index is 231. The zero-order valence-corrected chi connectivity index (χ0v) is 6.96. The predicted molar refractivity (Wildman–Crippen MR) is 48.5 cm³/mol. The maximum Gasteiger partial charge on any atom is 0.0714 e. The molecule has 11 heavy (non-hydrogen) atoms. The highest BCUT2D eigenvalue weighted by Gasteiger charge is 1.96. The fourth-order valence-electron chi connectivity index (χ4n) is 0.980. The van der Waals surface area contributed by atoms with E-state index in [-0.39, 0.29) is 6.17 Å². The highest BCUT2D eigenvalue weighted by Crippen LogP contribution is 2.12. The summed E-state index contributed by atoms with van der Waals surface area (Å²) >= 11 is 0. The summed E-state index contributed by atoms with van der Waals surface area (Å²) in [6, 6.07) is 8.10. The average Bonchev–Trinajstić information content (AvgIpc) is 1.93. The molecule has 1 rings (SSSR count). The fraction of sp³-hybridized carbons (Fsp3) is 0.333. The minimum Gasteiger partial charge on any atom is -0.370 e. The maximum atomic E-state index is 5.58. The third kappa shape index (κ3) is 2.24. The number of anilines is 1. The molecule has 0 saturated carbocycles. The van der Waals surface area contributed by atoms with E-state index in [2.05, 4.69) is 18.3 Å². The van der Waals surface area contributed by atoms with Crippen LogP contribution in [0.1, 0.15) is 12.5 Å². The van der Waals surface area contributed by atoms with Crippen molar-refractivity contribution in [3.05, 3.63) is 29.8 Å². The van der Waals surface area contributed by atoms with Crippen molar-refractivity contribution in [2.45, 2.75) is 20.0 Å². The smallest absolute Gasteiger partial charge is 0.0714 e. The van der Waals surface area contributed by atoms with Crippen LogP contribution in [0.15, 0.2) is 24.3 Å². The van der Waals surface area contributed by atoms with E-state index < -0.39 is 0 Å². The Kier molecular flexibility index (Phi) is 2.49. The number of hydrogen-bond acceptors (Lipinski definition) is 2. The predicted octanol–water partition coefficient (Wildman–Crippen LogP) is 1.71. The normalized spacial score (nSPS) is 12.6. The van der Waals surface area contributed by atoms with Crippen LogP contribution in [0.25, 0.3) is 0 Å². The largest absolute Gasteiger partial charge is 0.370 e. The van der Waals surface area contributed by atoms with Gasteiger partial charge in [0.05, 0.1) is 6.17 Å². The molecular weight excluding hydrogens is 136 g/mol. The van der Waals surface area contributed by atoms with E-state index in [9.17, 15) is 0 Å². The molecule has 0 fully saturated rings. The van der Waals surface area contributed by atoms with Crippen molar-refractivity contribution in [2.24, 2.45) is 5.73 Å². The van der Waals surface area contributed by atoms with E-state index >= 15 is 0 Å². The molecule has 2 nitrogen and oxygen atoms in total. The minimum absolute atomic E-state index is 0.0103. The third-order valence-corrected chi connectivity index (χ3v) is 1.53. The van der Waals surface area contributed by atoms with Gasteiger partial charge in [-0.1, -0.05) is 18.2 Å². The van der Waals surface area contributed by atoms with Crippen LogP contribution in [0, 0.1) is 6.92 Å². The molecule has 0 heterocycles. The highest BCUT2D eigenvalue weighted by molar-refractivity contribution is 5.50. The lowest BCUT2D eigenvalue weighted by atomic mass is 10.2.